The number of halogens is 4. The quantitative estimate of drug-likeness (QED) is 0.634. The molecule has 0 saturated heterocycles. The van der Waals surface area contributed by atoms with Gasteiger partial charge in [-0.2, -0.15) is 5.26 Å². The van der Waals surface area contributed by atoms with Gasteiger partial charge in [-0.1, -0.05) is 40.9 Å². The molecule has 0 saturated carbocycles. The molecule has 0 spiro atoms. The van der Waals surface area contributed by atoms with E-state index in [0.717, 1.165) is 6.07 Å². The van der Waals surface area contributed by atoms with Crippen molar-refractivity contribution in [2.24, 2.45) is 0 Å². The number of hydrogen-bond acceptors (Lipinski definition) is 1. The zero-order chi connectivity index (χ0) is 10.1. The normalized spacial score (nSPS) is 11.0. The molecular formula is C8H3Cl3FN. The minimum atomic E-state index is -1.63. The maximum absolute atomic E-state index is 12.8. The highest BCUT2D eigenvalue weighted by Gasteiger charge is 2.23. The fourth-order valence-electron chi connectivity index (χ4n) is 0.787. The monoisotopic (exact) mass is 237 g/mol. The molecule has 13 heavy (non-hydrogen) atoms. The summed E-state index contributed by atoms with van der Waals surface area (Å²) < 4.78 is 11.2. The summed E-state index contributed by atoms with van der Waals surface area (Å²) in [6.07, 6.45) is 0. The summed E-state index contributed by atoms with van der Waals surface area (Å²) in [5.74, 6) is -0.625. The SMILES string of the molecule is N#Cc1cc(C(Cl)(Cl)Cl)ccc1F. The second-order valence-electron chi connectivity index (χ2n) is 2.30. The second-order valence-corrected chi connectivity index (χ2v) is 4.59. The smallest absolute Gasteiger partial charge is 0.206 e. The van der Waals surface area contributed by atoms with Crippen molar-refractivity contribution in [3.05, 3.63) is 35.1 Å². The van der Waals surface area contributed by atoms with E-state index in [-0.39, 0.29) is 11.1 Å². The van der Waals surface area contributed by atoms with E-state index >= 15 is 0 Å². The van der Waals surface area contributed by atoms with E-state index in [9.17, 15) is 4.39 Å². The topological polar surface area (TPSA) is 23.8 Å². The van der Waals surface area contributed by atoms with Gasteiger partial charge in [-0.15, -0.1) is 0 Å². The minimum Gasteiger partial charge on any atom is -0.206 e. The van der Waals surface area contributed by atoms with Crippen molar-refractivity contribution in [3.8, 4) is 6.07 Å². The van der Waals surface area contributed by atoms with Crippen molar-refractivity contribution in [2.75, 3.05) is 0 Å². The van der Waals surface area contributed by atoms with Crippen molar-refractivity contribution in [3.63, 3.8) is 0 Å². The first-order valence-electron chi connectivity index (χ1n) is 3.22. The summed E-state index contributed by atoms with van der Waals surface area (Å²) in [6.45, 7) is 0. The van der Waals surface area contributed by atoms with E-state index in [1.165, 1.54) is 12.1 Å². The maximum Gasteiger partial charge on any atom is 0.216 e. The molecule has 0 bridgehead atoms. The van der Waals surface area contributed by atoms with Crippen LogP contribution in [0.25, 0.3) is 0 Å². The Hall–Kier alpha value is -0.490. The first kappa shape index (κ1) is 10.6. The molecule has 0 aliphatic rings. The third kappa shape index (κ3) is 2.47. The molecule has 0 amide bonds. The molecule has 0 aliphatic carbocycles. The molecule has 0 heterocycles. The predicted octanol–water partition coefficient (Wildman–Crippen LogP) is 3.52. The van der Waals surface area contributed by atoms with E-state index < -0.39 is 9.61 Å². The molecule has 0 radical (unpaired) electrons. The molecule has 0 atom stereocenters. The van der Waals surface area contributed by atoms with E-state index in [4.69, 9.17) is 40.1 Å². The fraction of sp³-hybridized carbons (Fsp3) is 0.125. The van der Waals surface area contributed by atoms with Crippen molar-refractivity contribution in [2.45, 2.75) is 3.79 Å². The summed E-state index contributed by atoms with van der Waals surface area (Å²) in [5.41, 5.74) is 0.138. The van der Waals surface area contributed by atoms with Crippen LogP contribution in [-0.4, -0.2) is 0 Å². The van der Waals surface area contributed by atoms with Gasteiger partial charge in [0.05, 0.1) is 5.56 Å². The third-order valence-corrected chi connectivity index (χ3v) is 2.07. The standard InChI is InChI=1S/C8H3Cl3FN/c9-8(10,11)6-1-2-7(12)5(3-6)4-13/h1-3H. The van der Waals surface area contributed by atoms with Crippen LogP contribution in [0.4, 0.5) is 4.39 Å². The summed E-state index contributed by atoms with van der Waals surface area (Å²) in [6, 6.07) is 5.28. The number of nitriles is 1. The minimum absolute atomic E-state index is 0.135. The van der Waals surface area contributed by atoms with Crippen molar-refractivity contribution < 1.29 is 4.39 Å². The first-order valence-corrected chi connectivity index (χ1v) is 4.35. The van der Waals surface area contributed by atoms with Gasteiger partial charge < -0.3 is 0 Å². The Kier molecular flexibility index (Phi) is 3.02. The van der Waals surface area contributed by atoms with E-state index in [1.807, 2.05) is 0 Å². The largest absolute Gasteiger partial charge is 0.216 e. The zero-order valence-corrected chi connectivity index (χ0v) is 8.46. The average molecular weight is 238 g/mol. The molecule has 0 unspecified atom stereocenters. The highest BCUT2D eigenvalue weighted by Crippen LogP contribution is 2.38. The Labute approximate surface area is 89.6 Å². The van der Waals surface area contributed by atoms with Crippen LogP contribution in [0, 0.1) is 17.1 Å². The molecule has 0 fully saturated rings. The van der Waals surface area contributed by atoms with Gasteiger partial charge in [0.25, 0.3) is 0 Å². The van der Waals surface area contributed by atoms with Crippen LogP contribution < -0.4 is 0 Å². The van der Waals surface area contributed by atoms with Crippen molar-refractivity contribution >= 4 is 34.8 Å². The molecular weight excluding hydrogens is 235 g/mol. The molecule has 0 aromatic heterocycles. The molecule has 1 rings (SSSR count). The van der Waals surface area contributed by atoms with E-state index in [1.54, 1.807) is 6.07 Å². The third-order valence-electron chi connectivity index (χ3n) is 1.41. The number of benzene rings is 1. The lowest BCUT2D eigenvalue weighted by Gasteiger charge is -2.10. The molecule has 1 aromatic rings. The van der Waals surface area contributed by atoms with Crippen LogP contribution >= 0.6 is 34.8 Å². The Morgan fingerprint density at radius 1 is 1.31 bits per heavy atom. The van der Waals surface area contributed by atoms with Crippen LogP contribution in [0.15, 0.2) is 18.2 Å². The summed E-state index contributed by atoms with van der Waals surface area (Å²) in [5, 5.41) is 8.49. The molecule has 1 nitrogen and oxygen atoms in total. The molecule has 0 aliphatic heterocycles. The van der Waals surface area contributed by atoms with E-state index in [0.29, 0.717) is 0 Å². The lowest BCUT2D eigenvalue weighted by molar-refractivity contribution is 0.623. The van der Waals surface area contributed by atoms with Crippen LogP contribution in [0.3, 0.4) is 0 Å². The number of nitrogens with zero attached hydrogens (tertiary/aromatic N) is 1. The van der Waals surface area contributed by atoms with Crippen LogP contribution in [0.5, 0.6) is 0 Å². The number of rotatable bonds is 0. The van der Waals surface area contributed by atoms with Crippen LogP contribution in [0.1, 0.15) is 11.1 Å². The highest BCUT2D eigenvalue weighted by atomic mass is 35.6. The van der Waals surface area contributed by atoms with Gasteiger partial charge in [-0.05, 0) is 12.1 Å². The van der Waals surface area contributed by atoms with Crippen LogP contribution in [-0.2, 0) is 3.79 Å². The summed E-state index contributed by atoms with van der Waals surface area (Å²) in [7, 11) is 0. The maximum atomic E-state index is 12.8. The van der Waals surface area contributed by atoms with Gasteiger partial charge in [0.15, 0.2) is 0 Å². The number of hydrogen-bond donors (Lipinski definition) is 0. The van der Waals surface area contributed by atoms with Crippen molar-refractivity contribution in [1.29, 1.82) is 5.26 Å². The van der Waals surface area contributed by atoms with Gasteiger partial charge in [-0.25, -0.2) is 4.39 Å². The molecule has 0 N–H and O–H groups in total. The highest BCUT2D eigenvalue weighted by molar-refractivity contribution is 6.66. The number of alkyl halides is 3. The van der Waals surface area contributed by atoms with E-state index in [2.05, 4.69) is 0 Å². The lowest BCUT2D eigenvalue weighted by atomic mass is 10.1. The van der Waals surface area contributed by atoms with Gasteiger partial charge in [0, 0.05) is 5.56 Å². The molecule has 1 aromatic carbocycles. The Bertz CT molecular complexity index is 365. The Morgan fingerprint density at radius 2 is 1.92 bits per heavy atom. The van der Waals surface area contributed by atoms with Gasteiger partial charge in [0.1, 0.15) is 11.9 Å². The van der Waals surface area contributed by atoms with Gasteiger partial charge >= 0.3 is 0 Å². The lowest BCUT2D eigenvalue weighted by Crippen LogP contribution is -2.01. The van der Waals surface area contributed by atoms with Gasteiger partial charge in [-0.3, -0.25) is 0 Å². The molecule has 5 heteroatoms. The predicted molar refractivity (Wildman–Crippen MR) is 50.4 cm³/mol. The zero-order valence-electron chi connectivity index (χ0n) is 6.19. The van der Waals surface area contributed by atoms with Gasteiger partial charge in [0.2, 0.25) is 3.79 Å². The Balaban J connectivity index is 3.24. The van der Waals surface area contributed by atoms with Crippen molar-refractivity contribution in [1.82, 2.24) is 0 Å². The second kappa shape index (κ2) is 3.71. The molecule has 68 valence electrons. The average Bonchev–Trinajstić information content (AvgIpc) is 2.03. The van der Waals surface area contributed by atoms with Crippen LogP contribution in [0.2, 0.25) is 0 Å². The fourth-order valence-corrected chi connectivity index (χ4v) is 1.14. The summed E-state index contributed by atoms with van der Waals surface area (Å²) in [4.78, 5) is 0. The first-order chi connectivity index (χ1) is 5.95. The Morgan fingerprint density at radius 3 is 2.38 bits per heavy atom. The summed E-state index contributed by atoms with van der Waals surface area (Å²) >= 11 is 16.6.